The van der Waals surface area contributed by atoms with Gasteiger partial charge in [0.2, 0.25) is 0 Å². The average Bonchev–Trinajstić information content (AvgIpc) is 2.76. The van der Waals surface area contributed by atoms with Crippen LogP contribution in [0.4, 0.5) is 0 Å². The molecule has 0 spiro atoms. The van der Waals surface area contributed by atoms with Gasteiger partial charge in [0.25, 0.3) is 11.8 Å². The molecule has 7 heteroatoms. The first-order valence-corrected chi connectivity index (χ1v) is 9.38. The van der Waals surface area contributed by atoms with Crippen molar-refractivity contribution < 1.29 is 19.1 Å². The van der Waals surface area contributed by atoms with Crippen LogP contribution in [-0.2, 0) is 4.79 Å². The number of nitrogens with zero attached hydrogens (tertiary/aromatic N) is 1. The summed E-state index contributed by atoms with van der Waals surface area (Å²) in [5.74, 6) is 2.81. The summed E-state index contributed by atoms with van der Waals surface area (Å²) in [6.45, 7) is 3.89. The Hall–Kier alpha value is -3.79. The number of hydrogen-bond acceptors (Lipinski definition) is 5. The Morgan fingerprint density at radius 3 is 2.30 bits per heavy atom. The quantitative estimate of drug-likeness (QED) is 0.380. The van der Waals surface area contributed by atoms with E-state index < -0.39 is 11.9 Å². The second-order valence-electron chi connectivity index (χ2n) is 6.72. The van der Waals surface area contributed by atoms with Crippen molar-refractivity contribution in [2.75, 3.05) is 13.7 Å². The Balaban J connectivity index is 1.95. The summed E-state index contributed by atoms with van der Waals surface area (Å²) in [7, 11) is 1.55. The standard InChI is InChI=1S/C23H25N3O4/c1-5-14-30-20-10-6-17(7-11-20)15-24-26-23(28)21(16(2)3)25-22(27)18-8-12-19(29-4)13-9-18/h1,6-13,15-16,21H,14H2,2-4H3,(H,25,27)(H,26,28). The highest BCUT2D eigenvalue weighted by Crippen LogP contribution is 2.13. The second-order valence-corrected chi connectivity index (χ2v) is 6.72. The zero-order chi connectivity index (χ0) is 21.9. The predicted molar refractivity (Wildman–Crippen MR) is 116 cm³/mol. The van der Waals surface area contributed by atoms with Crippen LogP contribution in [0.1, 0.15) is 29.8 Å². The third-order valence-electron chi connectivity index (χ3n) is 4.18. The Morgan fingerprint density at radius 1 is 1.10 bits per heavy atom. The van der Waals surface area contributed by atoms with Gasteiger partial charge in [-0.2, -0.15) is 5.10 Å². The zero-order valence-electron chi connectivity index (χ0n) is 17.2. The van der Waals surface area contributed by atoms with Crippen LogP contribution >= 0.6 is 0 Å². The van der Waals surface area contributed by atoms with Crippen molar-refractivity contribution in [2.24, 2.45) is 11.0 Å². The van der Waals surface area contributed by atoms with Crippen LogP contribution in [0.3, 0.4) is 0 Å². The maximum absolute atomic E-state index is 12.5. The number of ether oxygens (including phenoxy) is 2. The molecule has 30 heavy (non-hydrogen) atoms. The lowest BCUT2D eigenvalue weighted by atomic mass is 10.0. The zero-order valence-corrected chi connectivity index (χ0v) is 17.2. The van der Waals surface area contributed by atoms with Gasteiger partial charge in [-0.1, -0.05) is 19.8 Å². The lowest BCUT2D eigenvalue weighted by molar-refractivity contribution is -0.123. The van der Waals surface area contributed by atoms with Crippen molar-refractivity contribution in [1.82, 2.24) is 10.7 Å². The first-order chi connectivity index (χ1) is 14.4. The molecule has 0 heterocycles. The largest absolute Gasteiger partial charge is 0.497 e. The molecule has 0 aliphatic heterocycles. The molecule has 0 radical (unpaired) electrons. The van der Waals surface area contributed by atoms with Crippen LogP contribution in [0.25, 0.3) is 0 Å². The number of benzene rings is 2. The number of hydrazone groups is 1. The van der Waals surface area contributed by atoms with Gasteiger partial charge in [0.1, 0.15) is 24.1 Å². The van der Waals surface area contributed by atoms with E-state index in [0.717, 1.165) is 5.56 Å². The summed E-state index contributed by atoms with van der Waals surface area (Å²) >= 11 is 0. The summed E-state index contributed by atoms with van der Waals surface area (Å²) in [4.78, 5) is 25.0. The third kappa shape index (κ3) is 6.67. The fourth-order valence-electron chi connectivity index (χ4n) is 2.52. The fourth-order valence-corrected chi connectivity index (χ4v) is 2.52. The van der Waals surface area contributed by atoms with Gasteiger partial charge >= 0.3 is 0 Å². The number of terminal acetylenes is 1. The Kier molecular flexibility index (Phi) is 8.45. The van der Waals surface area contributed by atoms with Gasteiger partial charge in [-0.15, -0.1) is 6.42 Å². The summed E-state index contributed by atoms with van der Waals surface area (Å²) in [5, 5.41) is 6.72. The number of nitrogens with one attached hydrogen (secondary N) is 2. The summed E-state index contributed by atoms with van der Waals surface area (Å²) < 4.78 is 10.4. The molecular weight excluding hydrogens is 382 g/mol. The van der Waals surface area contributed by atoms with Crippen molar-refractivity contribution in [3.8, 4) is 23.8 Å². The Morgan fingerprint density at radius 2 is 1.73 bits per heavy atom. The first kappa shape index (κ1) is 22.5. The highest BCUT2D eigenvalue weighted by molar-refractivity contribution is 5.97. The van der Waals surface area contributed by atoms with Crippen LogP contribution in [0.15, 0.2) is 53.6 Å². The minimum atomic E-state index is -0.740. The molecular formula is C23H25N3O4. The summed E-state index contributed by atoms with van der Waals surface area (Å²) in [5.41, 5.74) is 3.68. The van der Waals surface area contributed by atoms with Gasteiger partial charge < -0.3 is 14.8 Å². The topological polar surface area (TPSA) is 89.0 Å². The van der Waals surface area contributed by atoms with E-state index in [1.165, 1.54) is 6.21 Å². The minimum Gasteiger partial charge on any atom is -0.497 e. The first-order valence-electron chi connectivity index (χ1n) is 9.38. The monoisotopic (exact) mass is 407 g/mol. The smallest absolute Gasteiger partial charge is 0.262 e. The average molecular weight is 407 g/mol. The van der Waals surface area contributed by atoms with E-state index in [1.807, 2.05) is 13.8 Å². The number of amides is 2. The Labute approximate surface area is 176 Å². The molecule has 1 atom stereocenters. The van der Waals surface area contributed by atoms with Crippen molar-refractivity contribution in [3.63, 3.8) is 0 Å². The Bertz CT molecular complexity index is 913. The van der Waals surface area contributed by atoms with E-state index in [1.54, 1.807) is 55.6 Å². The molecule has 0 bridgehead atoms. The number of carbonyl (C=O) groups excluding carboxylic acids is 2. The van der Waals surface area contributed by atoms with Crippen LogP contribution in [-0.4, -0.2) is 37.8 Å². The predicted octanol–water partition coefficient (Wildman–Crippen LogP) is 2.61. The molecule has 0 aliphatic carbocycles. The minimum absolute atomic E-state index is 0.130. The SMILES string of the molecule is C#CCOc1ccc(C=NNC(=O)C(NC(=O)c2ccc(OC)cc2)C(C)C)cc1. The molecule has 0 saturated heterocycles. The molecule has 2 aromatic rings. The molecule has 2 rings (SSSR count). The van der Waals surface area contributed by atoms with Gasteiger partial charge in [-0.3, -0.25) is 9.59 Å². The van der Waals surface area contributed by atoms with Gasteiger partial charge in [0, 0.05) is 5.56 Å². The van der Waals surface area contributed by atoms with Gasteiger partial charge in [-0.05, 0) is 60.0 Å². The van der Waals surface area contributed by atoms with Gasteiger partial charge in [-0.25, -0.2) is 5.43 Å². The molecule has 2 aromatic carbocycles. The molecule has 1 unspecified atom stereocenters. The molecule has 7 nitrogen and oxygen atoms in total. The molecule has 156 valence electrons. The van der Waals surface area contributed by atoms with Crippen molar-refractivity contribution in [2.45, 2.75) is 19.9 Å². The number of carbonyl (C=O) groups is 2. The second kappa shape index (κ2) is 11.3. The molecule has 0 fully saturated rings. The van der Waals surface area contributed by atoms with Crippen molar-refractivity contribution in [3.05, 3.63) is 59.7 Å². The lowest BCUT2D eigenvalue weighted by Crippen LogP contribution is -2.48. The molecule has 0 saturated carbocycles. The number of rotatable bonds is 9. The highest BCUT2D eigenvalue weighted by atomic mass is 16.5. The van der Waals surface area contributed by atoms with E-state index in [0.29, 0.717) is 17.1 Å². The molecule has 0 aliphatic rings. The summed E-state index contributed by atoms with van der Waals surface area (Å²) in [6.07, 6.45) is 6.66. The van der Waals surface area contributed by atoms with Crippen LogP contribution in [0.2, 0.25) is 0 Å². The van der Waals surface area contributed by atoms with E-state index in [2.05, 4.69) is 21.8 Å². The lowest BCUT2D eigenvalue weighted by Gasteiger charge is -2.20. The van der Waals surface area contributed by atoms with Crippen LogP contribution in [0, 0.1) is 18.3 Å². The van der Waals surface area contributed by atoms with E-state index in [-0.39, 0.29) is 18.4 Å². The molecule has 2 amide bonds. The van der Waals surface area contributed by atoms with Crippen molar-refractivity contribution >= 4 is 18.0 Å². The van der Waals surface area contributed by atoms with Crippen LogP contribution < -0.4 is 20.2 Å². The van der Waals surface area contributed by atoms with Gasteiger partial charge in [0.15, 0.2) is 0 Å². The maximum Gasteiger partial charge on any atom is 0.262 e. The molecule has 0 aromatic heterocycles. The molecule has 2 N–H and O–H groups in total. The fraction of sp³-hybridized carbons (Fsp3) is 0.261. The van der Waals surface area contributed by atoms with Crippen molar-refractivity contribution in [1.29, 1.82) is 0 Å². The summed E-state index contributed by atoms with van der Waals surface area (Å²) in [6, 6.07) is 13.0. The normalized spacial score (nSPS) is 11.6. The number of methoxy groups -OCH3 is 1. The van der Waals surface area contributed by atoms with Gasteiger partial charge in [0.05, 0.1) is 13.3 Å². The van der Waals surface area contributed by atoms with E-state index >= 15 is 0 Å². The third-order valence-corrected chi connectivity index (χ3v) is 4.18. The maximum atomic E-state index is 12.5. The van der Waals surface area contributed by atoms with E-state index in [4.69, 9.17) is 15.9 Å². The number of hydrogen-bond donors (Lipinski definition) is 2. The van der Waals surface area contributed by atoms with E-state index in [9.17, 15) is 9.59 Å². The van der Waals surface area contributed by atoms with Crippen LogP contribution in [0.5, 0.6) is 11.5 Å². The highest BCUT2D eigenvalue weighted by Gasteiger charge is 2.24.